The number of hydrogen-bond acceptors (Lipinski definition) is 15. The van der Waals surface area contributed by atoms with E-state index in [4.69, 9.17) is 49.5 Å². The summed E-state index contributed by atoms with van der Waals surface area (Å²) in [4.78, 5) is 46.7. The zero-order chi connectivity index (χ0) is 39.1. The van der Waals surface area contributed by atoms with Crippen LogP contribution in [0.15, 0.2) is 65.9 Å². The summed E-state index contributed by atoms with van der Waals surface area (Å²) < 4.78 is 61.3. The third-order valence-electron chi connectivity index (χ3n) is 6.58. The average molecular weight is 747 g/mol. The van der Waals surface area contributed by atoms with Gasteiger partial charge in [0.1, 0.15) is 43.1 Å². The smallest absolute Gasteiger partial charge is 0.497 e. The van der Waals surface area contributed by atoms with E-state index in [0.717, 1.165) is 6.92 Å². The second-order valence-electron chi connectivity index (χ2n) is 11.3. The van der Waals surface area contributed by atoms with Crippen LogP contribution in [0.4, 0.5) is 25.2 Å². The van der Waals surface area contributed by atoms with Crippen molar-refractivity contribution in [1.82, 2.24) is 15.4 Å². The molecule has 0 amide bonds. The number of esters is 1. The number of alkyl halides is 1. The number of aromatic nitrogens is 2. The standard InChI is InChI=1S/C31H36F2N8O8.C2H4O2/c1-19(42)45-13-14-46-23-16-21(44-4)15-22(24(23)33)25(40(27(34)35)20-9-6-5-7-10-20)26-38-29(41(39-26)28-36-11-8-12-37-28)47-18-48-30(43)49-31(2,3)17-32;1-2(3)4/h5-12,15-16,25,29H,13-14,17-18H2,1-4H3,(H3,34,35)(H,38,39);1H3,(H,3,4)/t25?,29-;/m1./s1. The molecule has 20 heteroatoms. The third kappa shape index (κ3) is 12.2. The monoisotopic (exact) mass is 746 g/mol. The number of benzene rings is 2. The van der Waals surface area contributed by atoms with E-state index in [-0.39, 0.29) is 42.1 Å². The van der Waals surface area contributed by atoms with Crippen molar-refractivity contribution in [3.63, 3.8) is 0 Å². The molecule has 18 nitrogen and oxygen atoms in total. The van der Waals surface area contributed by atoms with Gasteiger partial charge in [0.2, 0.25) is 5.95 Å². The molecule has 1 aromatic heterocycles. The summed E-state index contributed by atoms with van der Waals surface area (Å²) in [5.74, 6) is -2.76. The molecule has 0 spiro atoms. The van der Waals surface area contributed by atoms with Gasteiger partial charge in [-0.05, 0) is 38.1 Å². The van der Waals surface area contributed by atoms with E-state index in [1.54, 1.807) is 36.4 Å². The first-order valence-corrected chi connectivity index (χ1v) is 15.6. The van der Waals surface area contributed by atoms with E-state index < -0.39 is 61.3 Å². The van der Waals surface area contributed by atoms with Crippen LogP contribution in [0.5, 0.6) is 11.5 Å². The van der Waals surface area contributed by atoms with Gasteiger partial charge in [0, 0.05) is 43.6 Å². The third-order valence-corrected chi connectivity index (χ3v) is 6.58. The van der Waals surface area contributed by atoms with E-state index >= 15 is 4.39 Å². The lowest BCUT2D eigenvalue weighted by molar-refractivity contribution is -0.141. The molecule has 2 heterocycles. The number of nitrogens with zero attached hydrogens (tertiary/aromatic N) is 5. The van der Waals surface area contributed by atoms with E-state index in [1.165, 1.54) is 62.3 Å². The molecule has 2 atom stereocenters. The number of hydrogen-bond donors (Lipinski definition) is 4. The van der Waals surface area contributed by atoms with Crippen LogP contribution in [-0.4, -0.2) is 90.7 Å². The number of aliphatic carboxylic acids is 1. The molecule has 0 saturated heterocycles. The number of methoxy groups -OCH3 is 1. The Morgan fingerprint density at radius 3 is 2.34 bits per heavy atom. The summed E-state index contributed by atoms with van der Waals surface area (Å²) in [5, 5.41) is 17.2. The second kappa shape index (κ2) is 19.3. The number of nitrogens with one attached hydrogen (secondary N) is 2. The second-order valence-corrected chi connectivity index (χ2v) is 11.3. The highest BCUT2D eigenvalue weighted by atomic mass is 19.1. The summed E-state index contributed by atoms with van der Waals surface area (Å²) in [6, 6.07) is 11.4. The van der Waals surface area contributed by atoms with Gasteiger partial charge in [-0.25, -0.2) is 33.5 Å². The Labute approximate surface area is 302 Å². The minimum Gasteiger partial charge on any atom is -0.497 e. The van der Waals surface area contributed by atoms with Crippen molar-refractivity contribution in [1.29, 1.82) is 5.41 Å². The normalized spacial score (nSPS) is 14.0. The molecule has 3 aromatic rings. The van der Waals surface area contributed by atoms with Gasteiger partial charge in [0.05, 0.1) is 7.11 Å². The quantitative estimate of drug-likeness (QED) is 0.0571. The lowest BCUT2D eigenvalue weighted by Gasteiger charge is -2.33. The number of rotatable bonds is 15. The zero-order valence-electron chi connectivity index (χ0n) is 29.4. The number of carbonyl (C=O) groups is 3. The van der Waals surface area contributed by atoms with Crippen molar-refractivity contribution < 1.29 is 56.7 Å². The van der Waals surface area contributed by atoms with Gasteiger partial charge < -0.3 is 34.5 Å². The van der Waals surface area contributed by atoms with Crippen LogP contribution < -0.4 is 30.5 Å². The summed E-state index contributed by atoms with van der Waals surface area (Å²) >= 11 is 0. The topological polar surface area (TPSA) is 233 Å². The number of hydrazine groups is 1. The fourth-order valence-corrected chi connectivity index (χ4v) is 4.39. The van der Waals surface area contributed by atoms with Crippen LogP contribution in [0.2, 0.25) is 0 Å². The molecule has 53 heavy (non-hydrogen) atoms. The predicted molar refractivity (Wildman–Crippen MR) is 184 cm³/mol. The first-order chi connectivity index (χ1) is 25.2. The highest BCUT2D eigenvalue weighted by Gasteiger charge is 2.40. The number of halogens is 2. The number of para-hydroxylation sites is 1. The molecule has 4 rings (SSSR count). The fraction of sp³-hybridized carbons (Fsp3) is 0.364. The van der Waals surface area contributed by atoms with Gasteiger partial charge in [0.25, 0.3) is 12.3 Å². The number of carboxylic acid groups (broad SMARTS) is 1. The molecule has 0 radical (unpaired) electrons. The van der Waals surface area contributed by atoms with Gasteiger partial charge >= 0.3 is 12.1 Å². The van der Waals surface area contributed by atoms with Gasteiger partial charge in [-0.3, -0.25) is 30.1 Å². The lowest BCUT2D eigenvalue weighted by Crippen LogP contribution is -2.50. The van der Waals surface area contributed by atoms with E-state index in [2.05, 4.69) is 20.4 Å². The molecule has 0 fully saturated rings. The summed E-state index contributed by atoms with van der Waals surface area (Å²) in [6.45, 7) is 3.07. The molecular formula is C33H40F2N8O10. The highest BCUT2D eigenvalue weighted by Crippen LogP contribution is 2.37. The number of nitrogens with two attached hydrogens (primary N) is 1. The number of amidine groups is 1. The van der Waals surface area contributed by atoms with Crippen molar-refractivity contribution in [3.8, 4) is 11.5 Å². The number of aliphatic imine (C=N–C) groups is 1. The fourth-order valence-electron chi connectivity index (χ4n) is 4.39. The Morgan fingerprint density at radius 2 is 1.75 bits per heavy atom. The molecular weight excluding hydrogens is 706 g/mol. The van der Waals surface area contributed by atoms with Crippen molar-refractivity contribution >= 4 is 41.5 Å². The molecule has 2 aromatic carbocycles. The van der Waals surface area contributed by atoms with Gasteiger partial charge in [-0.1, -0.05) is 18.2 Å². The number of carboxylic acids is 1. The Bertz CT molecular complexity index is 1730. The van der Waals surface area contributed by atoms with E-state index in [9.17, 15) is 14.0 Å². The summed E-state index contributed by atoms with van der Waals surface area (Å²) in [5.41, 5.74) is 8.01. The highest BCUT2D eigenvalue weighted by molar-refractivity contribution is 6.03. The number of guanidine groups is 1. The van der Waals surface area contributed by atoms with Gasteiger partial charge in [0.15, 0.2) is 24.3 Å². The van der Waals surface area contributed by atoms with Gasteiger partial charge in [-0.2, -0.15) is 0 Å². The Balaban J connectivity index is 0.00000180. The average Bonchev–Trinajstić information content (AvgIpc) is 3.53. The Morgan fingerprint density at radius 1 is 1.09 bits per heavy atom. The summed E-state index contributed by atoms with van der Waals surface area (Å²) in [7, 11) is 1.37. The van der Waals surface area contributed by atoms with Crippen LogP contribution in [0.3, 0.4) is 0 Å². The van der Waals surface area contributed by atoms with Crippen LogP contribution in [-0.2, 0) is 28.5 Å². The van der Waals surface area contributed by atoms with Crippen LogP contribution >= 0.6 is 0 Å². The molecule has 1 aliphatic heterocycles. The number of carbonyl (C=O) groups excluding carboxylic acids is 2. The van der Waals surface area contributed by atoms with Crippen molar-refractivity contribution in [2.45, 2.75) is 45.7 Å². The Kier molecular flexibility index (Phi) is 15.0. The molecule has 1 unspecified atom stereocenters. The maximum absolute atomic E-state index is 16.5. The lowest BCUT2D eigenvalue weighted by atomic mass is 10.0. The first-order valence-electron chi connectivity index (χ1n) is 15.6. The number of anilines is 2. The minimum absolute atomic E-state index is 0.0179. The summed E-state index contributed by atoms with van der Waals surface area (Å²) in [6.07, 6.45) is 0.386. The minimum atomic E-state index is -1.42. The maximum Gasteiger partial charge on any atom is 0.511 e. The SMILES string of the molecule is CC(=O)O.COc1cc(OCCOC(C)=O)c(F)c(C(C2=N[C@@H](OCOC(=O)OC(C)(C)CF)N(c3ncccn3)N2)N(C(=N)N)c2ccccc2)c1. The van der Waals surface area contributed by atoms with Crippen LogP contribution in [0.25, 0.3) is 0 Å². The first kappa shape index (κ1) is 41.1. The van der Waals surface area contributed by atoms with Gasteiger partial charge in [-0.15, -0.1) is 0 Å². The Hall–Kier alpha value is -6.31. The molecule has 1 aliphatic rings. The zero-order valence-corrected chi connectivity index (χ0v) is 29.4. The molecule has 0 saturated carbocycles. The van der Waals surface area contributed by atoms with E-state index in [0.29, 0.717) is 5.69 Å². The molecule has 0 bridgehead atoms. The van der Waals surface area contributed by atoms with Crippen LogP contribution in [0, 0.1) is 11.2 Å². The molecule has 5 N–H and O–H groups in total. The van der Waals surface area contributed by atoms with E-state index in [1.807, 2.05) is 0 Å². The van der Waals surface area contributed by atoms with Crippen LogP contribution in [0.1, 0.15) is 39.3 Å². The molecule has 286 valence electrons. The number of ether oxygens (including phenoxy) is 6. The molecule has 0 aliphatic carbocycles. The largest absolute Gasteiger partial charge is 0.511 e. The van der Waals surface area contributed by atoms with Crippen molar-refractivity contribution in [2.24, 2.45) is 10.7 Å². The maximum atomic E-state index is 16.5. The predicted octanol–water partition coefficient (Wildman–Crippen LogP) is 3.68. The van der Waals surface area contributed by atoms with Crippen molar-refractivity contribution in [3.05, 3.63) is 72.3 Å². The van der Waals surface area contributed by atoms with Crippen molar-refractivity contribution in [2.75, 3.05) is 43.7 Å².